The Labute approximate surface area is 149 Å². The van der Waals surface area contributed by atoms with Crippen molar-refractivity contribution in [1.82, 2.24) is 5.32 Å². The highest BCUT2D eigenvalue weighted by atomic mass is 19.1. The maximum absolute atomic E-state index is 13.0. The molecule has 1 aliphatic rings. The summed E-state index contributed by atoms with van der Waals surface area (Å²) in [5, 5.41) is 17.6. The van der Waals surface area contributed by atoms with E-state index < -0.39 is 24.0 Å². The van der Waals surface area contributed by atoms with Crippen molar-refractivity contribution in [3.63, 3.8) is 0 Å². The van der Waals surface area contributed by atoms with Crippen LogP contribution >= 0.6 is 0 Å². The van der Waals surface area contributed by atoms with Gasteiger partial charge in [-0.25, -0.2) is 4.39 Å². The number of aliphatic carboxylic acids is 1. The summed E-state index contributed by atoms with van der Waals surface area (Å²) in [6.07, 6.45) is -0.664. The number of oxime groups is 1. The van der Waals surface area contributed by atoms with Gasteiger partial charge in [-0.2, -0.15) is 0 Å². The molecule has 2 aromatic carbocycles. The first-order chi connectivity index (χ1) is 12.5. The second kappa shape index (κ2) is 7.77. The molecule has 0 saturated heterocycles. The van der Waals surface area contributed by atoms with E-state index in [1.165, 1.54) is 24.3 Å². The van der Waals surface area contributed by atoms with Gasteiger partial charge in [-0.05, 0) is 29.7 Å². The van der Waals surface area contributed by atoms with Crippen molar-refractivity contribution in [2.75, 3.05) is 0 Å². The van der Waals surface area contributed by atoms with E-state index in [1.807, 2.05) is 6.07 Å². The smallest absolute Gasteiger partial charge is 0.264 e. The van der Waals surface area contributed by atoms with Gasteiger partial charge in [0.2, 0.25) is 6.10 Å². The monoisotopic (exact) mass is 355 g/mol. The number of amides is 1. The third-order valence-electron chi connectivity index (χ3n) is 4.02. The Hall–Kier alpha value is -3.22. The molecule has 1 heterocycles. The van der Waals surface area contributed by atoms with Crippen LogP contribution in [0.25, 0.3) is 0 Å². The molecule has 0 spiro atoms. The SMILES string of the molecule is O=C([O-])[C@H](Cc1ccccc1)NC(=O)[C@@H]1CC(c2ccc(F)cc2)=NO1. The largest absolute Gasteiger partial charge is 0.548 e. The molecule has 0 fully saturated rings. The number of benzene rings is 2. The molecule has 0 saturated carbocycles. The van der Waals surface area contributed by atoms with Crippen molar-refractivity contribution in [3.8, 4) is 0 Å². The van der Waals surface area contributed by atoms with Crippen molar-refractivity contribution in [2.24, 2.45) is 5.16 Å². The number of carboxylic acid groups (broad SMARTS) is 1. The van der Waals surface area contributed by atoms with E-state index in [-0.39, 0.29) is 18.7 Å². The van der Waals surface area contributed by atoms with E-state index in [0.29, 0.717) is 11.3 Å². The highest BCUT2D eigenvalue weighted by molar-refractivity contribution is 6.04. The van der Waals surface area contributed by atoms with Crippen LogP contribution in [-0.2, 0) is 20.8 Å². The van der Waals surface area contributed by atoms with Crippen LogP contribution in [0.3, 0.4) is 0 Å². The molecule has 26 heavy (non-hydrogen) atoms. The van der Waals surface area contributed by atoms with E-state index in [1.54, 1.807) is 24.3 Å². The number of carbonyl (C=O) groups is 2. The van der Waals surface area contributed by atoms with Crippen LogP contribution in [0.1, 0.15) is 17.5 Å². The zero-order valence-electron chi connectivity index (χ0n) is 13.7. The molecular formula is C19H16FN2O4-. The Morgan fingerprint density at radius 3 is 2.54 bits per heavy atom. The quantitative estimate of drug-likeness (QED) is 0.830. The van der Waals surface area contributed by atoms with Crippen molar-refractivity contribution in [1.29, 1.82) is 0 Å². The number of nitrogens with one attached hydrogen (secondary N) is 1. The minimum atomic E-state index is -1.38. The van der Waals surface area contributed by atoms with Crippen LogP contribution in [0.2, 0.25) is 0 Å². The molecule has 1 amide bonds. The average Bonchev–Trinajstić information content (AvgIpc) is 3.13. The lowest BCUT2D eigenvalue weighted by molar-refractivity contribution is -0.308. The summed E-state index contributed by atoms with van der Waals surface area (Å²) in [6.45, 7) is 0. The minimum Gasteiger partial charge on any atom is -0.548 e. The van der Waals surface area contributed by atoms with E-state index in [9.17, 15) is 19.1 Å². The summed E-state index contributed by atoms with van der Waals surface area (Å²) in [4.78, 5) is 28.8. The molecule has 0 unspecified atom stereocenters. The number of hydrogen-bond donors (Lipinski definition) is 1. The Morgan fingerprint density at radius 1 is 1.19 bits per heavy atom. The fourth-order valence-electron chi connectivity index (χ4n) is 2.64. The van der Waals surface area contributed by atoms with Gasteiger partial charge in [0, 0.05) is 6.42 Å². The first-order valence-electron chi connectivity index (χ1n) is 8.06. The van der Waals surface area contributed by atoms with Gasteiger partial charge in [-0.15, -0.1) is 0 Å². The van der Waals surface area contributed by atoms with Crippen molar-refractivity contribution >= 4 is 17.6 Å². The third kappa shape index (κ3) is 4.24. The molecule has 134 valence electrons. The second-order valence-electron chi connectivity index (χ2n) is 5.91. The lowest BCUT2D eigenvalue weighted by Crippen LogP contribution is -2.51. The van der Waals surface area contributed by atoms with Crippen molar-refractivity contribution < 1.29 is 23.9 Å². The Kier molecular flexibility index (Phi) is 5.26. The number of hydrogen-bond acceptors (Lipinski definition) is 5. The van der Waals surface area contributed by atoms with Gasteiger partial charge in [-0.3, -0.25) is 4.79 Å². The molecule has 7 heteroatoms. The van der Waals surface area contributed by atoms with Gasteiger partial charge in [0.15, 0.2) is 0 Å². The lowest BCUT2D eigenvalue weighted by atomic mass is 10.0. The third-order valence-corrected chi connectivity index (χ3v) is 4.02. The highest BCUT2D eigenvalue weighted by Gasteiger charge is 2.30. The molecule has 0 bridgehead atoms. The number of carboxylic acids is 1. The summed E-state index contributed by atoms with van der Waals surface area (Å²) in [5.74, 6) is -2.34. The predicted octanol–water partition coefficient (Wildman–Crippen LogP) is 0.796. The summed E-state index contributed by atoms with van der Waals surface area (Å²) in [5.41, 5.74) is 1.90. The summed E-state index contributed by atoms with van der Waals surface area (Å²) < 4.78 is 13.0. The standard InChI is InChI=1S/C19H17FN2O4/c20-14-8-6-13(7-9-14)15-11-17(26-22-15)18(23)21-16(19(24)25)10-12-4-2-1-3-5-12/h1-9,16-17H,10-11H2,(H,21,23)(H,24,25)/p-1/t16-,17-/m0/s1. The van der Waals surface area contributed by atoms with E-state index in [2.05, 4.69) is 10.5 Å². The van der Waals surface area contributed by atoms with Crippen LogP contribution in [0.4, 0.5) is 4.39 Å². The maximum Gasteiger partial charge on any atom is 0.264 e. The van der Waals surface area contributed by atoms with Gasteiger partial charge >= 0.3 is 0 Å². The number of halogens is 1. The van der Waals surface area contributed by atoms with Crippen molar-refractivity contribution in [2.45, 2.75) is 25.0 Å². The van der Waals surface area contributed by atoms with E-state index in [4.69, 9.17) is 4.84 Å². The fourth-order valence-corrected chi connectivity index (χ4v) is 2.64. The molecule has 6 nitrogen and oxygen atoms in total. The molecule has 2 atom stereocenters. The summed E-state index contributed by atoms with van der Waals surface area (Å²) in [6, 6.07) is 13.4. The van der Waals surface area contributed by atoms with Gasteiger partial charge in [-0.1, -0.05) is 47.6 Å². The number of carbonyl (C=O) groups excluding carboxylic acids is 2. The molecule has 0 aliphatic carbocycles. The van der Waals surface area contributed by atoms with Crippen molar-refractivity contribution in [3.05, 3.63) is 71.5 Å². The van der Waals surface area contributed by atoms with Crippen LogP contribution in [-0.4, -0.2) is 29.7 Å². The molecular weight excluding hydrogens is 339 g/mol. The summed E-state index contributed by atoms with van der Waals surface area (Å²) in [7, 11) is 0. The van der Waals surface area contributed by atoms with E-state index >= 15 is 0 Å². The normalized spacial score (nSPS) is 17.1. The molecule has 0 aromatic heterocycles. The Balaban J connectivity index is 1.60. The zero-order chi connectivity index (χ0) is 18.5. The van der Waals surface area contributed by atoms with Crippen LogP contribution < -0.4 is 10.4 Å². The van der Waals surface area contributed by atoms with E-state index in [0.717, 1.165) is 5.56 Å². The average molecular weight is 355 g/mol. The van der Waals surface area contributed by atoms with Gasteiger partial charge in [0.1, 0.15) is 5.82 Å². The molecule has 1 aliphatic heterocycles. The number of rotatable bonds is 6. The molecule has 3 rings (SSSR count). The molecule has 0 radical (unpaired) electrons. The van der Waals surface area contributed by atoms with Crippen LogP contribution in [0.15, 0.2) is 59.8 Å². The first kappa shape index (κ1) is 17.6. The Morgan fingerprint density at radius 2 is 1.88 bits per heavy atom. The second-order valence-corrected chi connectivity index (χ2v) is 5.91. The molecule has 2 aromatic rings. The van der Waals surface area contributed by atoms with Gasteiger partial charge < -0.3 is 20.1 Å². The predicted molar refractivity (Wildman–Crippen MR) is 89.5 cm³/mol. The number of nitrogens with zero attached hydrogens (tertiary/aromatic N) is 1. The highest BCUT2D eigenvalue weighted by Crippen LogP contribution is 2.17. The first-order valence-corrected chi connectivity index (χ1v) is 8.06. The lowest BCUT2D eigenvalue weighted by Gasteiger charge is -2.21. The zero-order valence-corrected chi connectivity index (χ0v) is 13.7. The summed E-state index contributed by atoms with van der Waals surface area (Å²) >= 11 is 0. The topological polar surface area (TPSA) is 90.8 Å². The van der Waals surface area contributed by atoms with Gasteiger partial charge in [0.05, 0.1) is 17.7 Å². The Bertz CT molecular complexity index is 821. The molecule has 1 N–H and O–H groups in total. The minimum absolute atomic E-state index is 0.104. The van der Waals surface area contributed by atoms with Crippen LogP contribution in [0, 0.1) is 5.82 Å². The fraction of sp³-hybridized carbons (Fsp3) is 0.211. The van der Waals surface area contributed by atoms with Crippen LogP contribution in [0.5, 0.6) is 0 Å². The maximum atomic E-state index is 13.0. The van der Waals surface area contributed by atoms with Gasteiger partial charge in [0.25, 0.3) is 5.91 Å².